The molecule has 29 heavy (non-hydrogen) atoms. The van der Waals surface area contributed by atoms with Crippen LogP contribution in [0.2, 0.25) is 0 Å². The summed E-state index contributed by atoms with van der Waals surface area (Å²) in [5, 5.41) is 5.74. The van der Waals surface area contributed by atoms with Gasteiger partial charge in [0.15, 0.2) is 11.6 Å². The number of hydrogen-bond acceptors (Lipinski definition) is 4. The Bertz CT molecular complexity index is 1000. The zero-order chi connectivity index (χ0) is 20.2. The molecule has 1 fully saturated rings. The topological polar surface area (TPSA) is 57.3 Å². The minimum atomic E-state index is -0.935. The smallest absolute Gasteiger partial charge is 0.274 e. The molecule has 0 unspecified atom stereocenters. The van der Waals surface area contributed by atoms with E-state index < -0.39 is 11.6 Å². The summed E-state index contributed by atoms with van der Waals surface area (Å²) in [4.78, 5) is 18.9. The highest BCUT2D eigenvalue weighted by Crippen LogP contribution is 2.23. The Morgan fingerprint density at radius 3 is 2.21 bits per heavy atom. The van der Waals surface area contributed by atoms with Gasteiger partial charge in [-0.15, -0.1) is 0 Å². The molecule has 1 saturated heterocycles. The van der Waals surface area contributed by atoms with Crippen molar-refractivity contribution in [1.82, 2.24) is 4.98 Å². The largest absolute Gasteiger partial charge is 0.372 e. The van der Waals surface area contributed by atoms with E-state index in [1.165, 1.54) is 25.1 Å². The van der Waals surface area contributed by atoms with Gasteiger partial charge >= 0.3 is 0 Å². The normalized spacial score (nSPS) is 13.4. The fraction of sp³-hybridized carbons (Fsp3) is 0.182. The fourth-order valence-corrected chi connectivity index (χ4v) is 3.27. The van der Waals surface area contributed by atoms with E-state index in [0.717, 1.165) is 30.9 Å². The van der Waals surface area contributed by atoms with Crippen molar-refractivity contribution < 1.29 is 13.6 Å². The van der Waals surface area contributed by atoms with Crippen LogP contribution in [0, 0.1) is 11.6 Å². The van der Waals surface area contributed by atoms with E-state index in [4.69, 9.17) is 0 Å². The molecule has 0 spiro atoms. The molecular formula is C22H20F2N4O. The van der Waals surface area contributed by atoms with Crippen molar-refractivity contribution in [1.29, 1.82) is 0 Å². The maximum atomic E-state index is 13.3. The van der Waals surface area contributed by atoms with Crippen LogP contribution in [0.15, 0.2) is 60.8 Å². The Morgan fingerprint density at radius 1 is 0.862 bits per heavy atom. The quantitative estimate of drug-likeness (QED) is 0.643. The Labute approximate surface area is 167 Å². The van der Waals surface area contributed by atoms with Crippen molar-refractivity contribution in [2.45, 2.75) is 12.8 Å². The van der Waals surface area contributed by atoms with Gasteiger partial charge in [0.1, 0.15) is 5.69 Å². The lowest BCUT2D eigenvalue weighted by Gasteiger charge is -2.17. The number of carbonyl (C=O) groups is 1. The summed E-state index contributed by atoms with van der Waals surface area (Å²) in [5.74, 6) is -2.16. The second kappa shape index (κ2) is 8.26. The molecule has 148 valence electrons. The summed E-state index contributed by atoms with van der Waals surface area (Å²) < 4.78 is 26.3. The standard InChI is InChI=1S/C22H20F2N4O/c23-19-9-5-16(13-20(19)24)26-17-6-10-21(25-14-17)22(29)27-15-3-7-18(8-4-15)28-11-1-2-12-28/h3-10,13-14,26H,1-2,11-12H2,(H,27,29). The third kappa shape index (κ3) is 4.51. The summed E-state index contributed by atoms with van der Waals surface area (Å²) in [6.45, 7) is 2.14. The van der Waals surface area contributed by atoms with Gasteiger partial charge in [0.25, 0.3) is 5.91 Å². The number of benzene rings is 2. The molecule has 2 heterocycles. The Balaban J connectivity index is 1.38. The van der Waals surface area contributed by atoms with Crippen molar-refractivity contribution in [3.8, 4) is 0 Å². The van der Waals surface area contributed by atoms with Crippen molar-refractivity contribution in [3.63, 3.8) is 0 Å². The summed E-state index contributed by atoms with van der Waals surface area (Å²) in [6, 6.07) is 14.5. The highest BCUT2D eigenvalue weighted by molar-refractivity contribution is 6.03. The predicted molar refractivity (Wildman–Crippen MR) is 110 cm³/mol. The molecule has 0 bridgehead atoms. The van der Waals surface area contributed by atoms with Crippen molar-refractivity contribution in [3.05, 3.63) is 78.1 Å². The first-order chi connectivity index (χ1) is 14.1. The van der Waals surface area contributed by atoms with Gasteiger partial charge in [-0.2, -0.15) is 0 Å². The number of nitrogens with zero attached hydrogens (tertiary/aromatic N) is 2. The minimum Gasteiger partial charge on any atom is -0.372 e. The molecule has 3 aromatic rings. The van der Waals surface area contributed by atoms with Gasteiger partial charge in [-0.3, -0.25) is 4.79 Å². The second-order valence-electron chi connectivity index (χ2n) is 6.88. The van der Waals surface area contributed by atoms with E-state index in [-0.39, 0.29) is 11.6 Å². The minimum absolute atomic E-state index is 0.254. The highest BCUT2D eigenvalue weighted by atomic mass is 19.2. The van der Waals surface area contributed by atoms with Gasteiger partial charge in [-0.1, -0.05) is 0 Å². The Hall–Kier alpha value is -3.48. The monoisotopic (exact) mass is 394 g/mol. The summed E-state index contributed by atoms with van der Waals surface area (Å²) >= 11 is 0. The van der Waals surface area contributed by atoms with Crippen LogP contribution in [-0.2, 0) is 0 Å². The lowest BCUT2D eigenvalue weighted by atomic mass is 10.2. The number of rotatable bonds is 5. The van der Waals surface area contributed by atoms with Crippen LogP contribution in [0.25, 0.3) is 0 Å². The van der Waals surface area contributed by atoms with Gasteiger partial charge in [-0.25, -0.2) is 13.8 Å². The van der Waals surface area contributed by atoms with Crippen LogP contribution in [-0.4, -0.2) is 24.0 Å². The van der Waals surface area contributed by atoms with Gasteiger partial charge < -0.3 is 15.5 Å². The third-order valence-electron chi connectivity index (χ3n) is 4.80. The molecule has 5 nitrogen and oxygen atoms in total. The Kier molecular flexibility index (Phi) is 5.37. The SMILES string of the molecule is O=C(Nc1ccc(N2CCCC2)cc1)c1ccc(Nc2ccc(F)c(F)c2)cn1. The predicted octanol–water partition coefficient (Wildman–Crippen LogP) is 4.96. The van der Waals surface area contributed by atoms with Crippen LogP contribution in [0.1, 0.15) is 23.3 Å². The number of pyridine rings is 1. The first kappa shape index (κ1) is 18.9. The fourth-order valence-electron chi connectivity index (χ4n) is 3.27. The number of aromatic nitrogens is 1. The molecular weight excluding hydrogens is 374 g/mol. The van der Waals surface area contributed by atoms with Crippen LogP contribution < -0.4 is 15.5 Å². The van der Waals surface area contributed by atoms with E-state index >= 15 is 0 Å². The summed E-state index contributed by atoms with van der Waals surface area (Å²) in [6.07, 6.45) is 3.89. The maximum Gasteiger partial charge on any atom is 0.274 e. The second-order valence-corrected chi connectivity index (χ2v) is 6.88. The molecule has 1 aromatic heterocycles. The van der Waals surface area contributed by atoms with Gasteiger partial charge in [0.2, 0.25) is 0 Å². The van der Waals surface area contributed by atoms with Crippen LogP contribution in [0.4, 0.5) is 31.5 Å². The van der Waals surface area contributed by atoms with Crippen LogP contribution >= 0.6 is 0 Å². The zero-order valence-corrected chi connectivity index (χ0v) is 15.7. The number of nitrogens with one attached hydrogen (secondary N) is 2. The number of carbonyl (C=O) groups excluding carboxylic acids is 1. The van der Waals surface area contributed by atoms with Crippen LogP contribution in [0.5, 0.6) is 0 Å². The molecule has 0 atom stereocenters. The molecule has 2 aromatic carbocycles. The van der Waals surface area contributed by atoms with Crippen molar-refractivity contribution in [2.24, 2.45) is 0 Å². The van der Waals surface area contributed by atoms with Gasteiger partial charge in [0, 0.05) is 36.2 Å². The number of hydrogen-bond donors (Lipinski definition) is 2. The number of anilines is 4. The van der Waals surface area contributed by atoms with Gasteiger partial charge in [0.05, 0.1) is 11.9 Å². The van der Waals surface area contributed by atoms with E-state index in [1.807, 2.05) is 24.3 Å². The molecule has 0 aliphatic carbocycles. The summed E-state index contributed by atoms with van der Waals surface area (Å²) in [7, 11) is 0. The molecule has 1 aliphatic heterocycles. The molecule has 1 aliphatic rings. The molecule has 7 heteroatoms. The summed E-state index contributed by atoms with van der Waals surface area (Å²) in [5.41, 5.74) is 3.06. The van der Waals surface area contributed by atoms with Crippen molar-refractivity contribution >= 4 is 28.7 Å². The lowest BCUT2D eigenvalue weighted by molar-refractivity contribution is 0.102. The lowest BCUT2D eigenvalue weighted by Crippen LogP contribution is -2.17. The molecule has 0 radical (unpaired) electrons. The number of amides is 1. The molecule has 4 rings (SSSR count). The number of halogens is 2. The first-order valence-electron chi connectivity index (χ1n) is 9.43. The zero-order valence-electron chi connectivity index (χ0n) is 15.7. The van der Waals surface area contributed by atoms with E-state index in [0.29, 0.717) is 17.1 Å². The van der Waals surface area contributed by atoms with E-state index in [1.54, 1.807) is 12.1 Å². The maximum absolute atomic E-state index is 13.3. The van der Waals surface area contributed by atoms with E-state index in [9.17, 15) is 13.6 Å². The highest BCUT2D eigenvalue weighted by Gasteiger charge is 2.13. The average molecular weight is 394 g/mol. The Morgan fingerprint density at radius 2 is 1.55 bits per heavy atom. The average Bonchev–Trinajstić information content (AvgIpc) is 3.27. The van der Waals surface area contributed by atoms with Crippen molar-refractivity contribution in [2.75, 3.05) is 28.6 Å². The third-order valence-corrected chi connectivity index (χ3v) is 4.80. The molecule has 0 saturated carbocycles. The molecule has 2 N–H and O–H groups in total. The van der Waals surface area contributed by atoms with Gasteiger partial charge in [-0.05, 0) is 61.4 Å². The first-order valence-corrected chi connectivity index (χ1v) is 9.43. The van der Waals surface area contributed by atoms with Crippen LogP contribution in [0.3, 0.4) is 0 Å². The molecule has 1 amide bonds. The van der Waals surface area contributed by atoms with E-state index in [2.05, 4.69) is 20.5 Å².